The van der Waals surface area contributed by atoms with Crippen LogP contribution in [0, 0.1) is 5.82 Å². The second-order valence-corrected chi connectivity index (χ2v) is 6.82. The predicted octanol–water partition coefficient (Wildman–Crippen LogP) is 4.77. The summed E-state index contributed by atoms with van der Waals surface area (Å²) in [5, 5.41) is 6.72. The zero-order chi connectivity index (χ0) is 17.9. The van der Waals surface area contributed by atoms with Gasteiger partial charge in [-0.25, -0.2) is 4.39 Å². The number of hydrogen-bond donors (Lipinski definition) is 0. The molecule has 0 fully saturated rings. The van der Waals surface area contributed by atoms with Crippen molar-refractivity contribution < 1.29 is 18.4 Å². The first-order valence-corrected chi connectivity index (χ1v) is 8.92. The monoisotopic (exact) mass is 367 g/mol. The van der Waals surface area contributed by atoms with E-state index in [9.17, 15) is 9.18 Å². The largest absolute Gasteiger partial charge is 0.426 e. The van der Waals surface area contributed by atoms with Gasteiger partial charge in [-0.3, -0.25) is 4.79 Å². The van der Waals surface area contributed by atoms with Crippen molar-refractivity contribution >= 4 is 28.3 Å². The van der Waals surface area contributed by atoms with Crippen LogP contribution >= 0.6 is 11.3 Å². The van der Waals surface area contributed by atoms with Gasteiger partial charge in [0.15, 0.2) is 5.58 Å². The molecule has 0 unspecified atom stereocenters. The minimum Gasteiger partial charge on any atom is -0.426 e. The summed E-state index contributed by atoms with van der Waals surface area (Å²) in [6, 6.07) is 15.4. The van der Waals surface area contributed by atoms with Crippen LogP contribution in [-0.2, 0) is 17.6 Å². The molecule has 0 saturated heterocycles. The van der Waals surface area contributed by atoms with Crippen LogP contribution in [0.25, 0.3) is 11.0 Å². The molecule has 0 aliphatic carbocycles. The second-order valence-electron chi connectivity index (χ2n) is 5.79. The van der Waals surface area contributed by atoms with Crippen LogP contribution in [-0.4, -0.2) is 11.1 Å². The zero-order valence-electron chi connectivity index (χ0n) is 13.6. The Balaban J connectivity index is 1.52. The Hall–Kier alpha value is -2.99. The Bertz CT molecular complexity index is 1060. The molecule has 0 amide bonds. The molecular weight excluding hydrogens is 353 g/mol. The van der Waals surface area contributed by atoms with E-state index in [2.05, 4.69) is 5.16 Å². The number of rotatable bonds is 5. The normalized spacial score (nSPS) is 11.0. The van der Waals surface area contributed by atoms with Crippen molar-refractivity contribution in [2.24, 2.45) is 0 Å². The number of carbonyl (C=O) groups is 1. The van der Waals surface area contributed by atoms with Gasteiger partial charge in [0, 0.05) is 22.8 Å². The second kappa shape index (κ2) is 7.09. The molecule has 0 aliphatic heterocycles. The molecule has 130 valence electrons. The third-order valence-corrected chi connectivity index (χ3v) is 4.84. The molecule has 0 aliphatic rings. The van der Waals surface area contributed by atoms with Gasteiger partial charge in [-0.2, -0.15) is 0 Å². The maximum absolute atomic E-state index is 13.8. The van der Waals surface area contributed by atoms with Gasteiger partial charge < -0.3 is 9.26 Å². The molecule has 4 nitrogen and oxygen atoms in total. The van der Waals surface area contributed by atoms with E-state index < -0.39 is 0 Å². The number of benzene rings is 2. The van der Waals surface area contributed by atoms with Gasteiger partial charge in [0.25, 0.3) is 0 Å². The maximum atomic E-state index is 13.8. The quantitative estimate of drug-likeness (QED) is 0.377. The first-order chi connectivity index (χ1) is 12.7. The predicted molar refractivity (Wildman–Crippen MR) is 96.9 cm³/mol. The van der Waals surface area contributed by atoms with E-state index in [1.807, 2.05) is 17.5 Å². The number of halogens is 1. The molecule has 0 spiro atoms. The number of thiophene rings is 1. The van der Waals surface area contributed by atoms with Crippen LogP contribution in [0.1, 0.15) is 16.1 Å². The lowest BCUT2D eigenvalue weighted by molar-refractivity contribution is -0.133. The van der Waals surface area contributed by atoms with E-state index in [0.717, 1.165) is 10.3 Å². The van der Waals surface area contributed by atoms with Gasteiger partial charge in [0.05, 0.1) is 12.1 Å². The highest BCUT2D eigenvalue weighted by atomic mass is 32.1. The summed E-state index contributed by atoms with van der Waals surface area (Å²) in [6.07, 6.45) is 0.557. The van der Waals surface area contributed by atoms with E-state index in [1.54, 1.807) is 36.4 Å². The van der Waals surface area contributed by atoms with Crippen LogP contribution in [0.3, 0.4) is 0 Å². The molecule has 0 radical (unpaired) electrons. The van der Waals surface area contributed by atoms with E-state index >= 15 is 0 Å². The molecule has 2 aromatic heterocycles. The van der Waals surface area contributed by atoms with Crippen molar-refractivity contribution in [1.82, 2.24) is 5.16 Å². The van der Waals surface area contributed by atoms with Gasteiger partial charge in [0.1, 0.15) is 11.6 Å². The van der Waals surface area contributed by atoms with Crippen molar-refractivity contribution in [1.29, 1.82) is 0 Å². The molecule has 6 heteroatoms. The summed E-state index contributed by atoms with van der Waals surface area (Å²) in [5.41, 5.74) is 1.69. The summed E-state index contributed by atoms with van der Waals surface area (Å²) < 4.78 is 24.5. The lowest BCUT2D eigenvalue weighted by atomic mass is 10.1. The van der Waals surface area contributed by atoms with Crippen molar-refractivity contribution in [3.63, 3.8) is 0 Å². The Morgan fingerprint density at radius 3 is 2.85 bits per heavy atom. The van der Waals surface area contributed by atoms with E-state index in [1.165, 1.54) is 17.4 Å². The highest BCUT2D eigenvalue weighted by molar-refractivity contribution is 7.10. The van der Waals surface area contributed by atoms with Crippen LogP contribution in [0.2, 0.25) is 0 Å². The Morgan fingerprint density at radius 2 is 2.04 bits per heavy atom. The van der Waals surface area contributed by atoms with Gasteiger partial charge in [0.2, 0.25) is 0 Å². The van der Waals surface area contributed by atoms with E-state index in [4.69, 9.17) is 9.26 Å². The highest BCUT2D eigenvalue weighted by Crippen LogP contribution is 2.26. The Morgan fingerprint density at radius 1 is 1.15 bits per heavy atom. The fourth-order valence-corrected chi connectivity index (χ4v) is 3.40. The molecule has 2 heterocycles. The van der Waals surface area contributed by atoms with Gasteiger partial charge >= 0.3 is 5.97 Å². The maximum Gasteiger partial charge on any atom is 0.316 e. The lowest BCUT2D eigenvalue weighted by Crippen LogP contribution is -2.10. The molecule has 0 atom stereocenters. The fraction of sp³-hybridized carbons (Fsp3) is 0.100. The summed E-state index contributed by atoms with van der Waals surface area (Å²) >= 11 is 1.51. The molecule has 26 heavy (non-hydrogen) atoms. The number of aromatic nitrogens is 1. The third-order valence-electron chi connectivity index (χ3n) is 3.96. The molecule has 0 bridgehead atoms. The fourth-order valence-electron chi connectivity index (χ4n) is 2.71. The average Bonchev–Trinajstić information content (AvgIpc) is 3.27. The first-order valence-electron chi connectivity index (χ1n) is 8.04. The molecule has 2 aromatic carbocycles. The van der Waals surface area contributed by atoms with Crippen LogP contribution in [0.4, 0.5) is 4.39 Å². The van der Waals surface area contributed by atoms with Crippen LogP contribution < -0.4 is 4.74 Å². The number of nitrogens with zero attached hydrogens (tertiary/aromatic N) is 1. The van der Waals surface area contributed by atoms with E-state index in [0.29, 0.717) is 29.0 Å². The molecule has 0 N–H and O–H groups in total. The van der Waals surface area contributed by atoms with Crippen LogP contribution in [0.15, 0.2) is 64.5 Å². The number of esters is 1. The number of ether oxygens (including phenoxy) is 1. The minimum atomic E-state index is -0.335. The Kier molecular flexibility index (Phi) is 4.50. The number of fused-ring (bicyclic) bond motifs is 1. The van der Waals surface area contributed by atoms with Crippen LogP contribution in [0.5, 0.6) is 5.75 Å². The summed E-state index contributed by atoms with van der Waals surface area (Å²) in [6.45, 7) is 0. The molecular formula is C20H14FNO3S. The van der Waals surface area contributed by atoms with Crippen molar-refractivity contribution in [3.05, 3.63) is 81.9 Å². The molecule has 4 aromatic rings. The van der Waals surface area contributed by atoms with Gasteiger partial charge in [-0.1, -0.05) is 29.4 Å². The van der Waals surface area contributed by atoms with E-state index in [-0.39, 0.29) is 18.2 Å². The lowest BCUT2D eigenvalue weighted by Gasteiger charge is -2.03. The average molecular weight is 367 g/mol. The third kappa shape index (κ3) is 3.50. The summed E-state index contributed by atoms with van der Waals surface area (Å²) in [4.78, 5) is 12.9. The SMILES string of the molecule is O=C(Cc1cccs1)Oc1ccc2c(Cc3ccccc3F)noc2c1. The first kappa shape index (κ1) is 16.5. The highest BCUT2D eigenvalue weighted by Gasteiger charge is 2.13. The van der Waals surface area contributed by atoms with Crippen molar-refractivity contribution in [2.45, 2.75) is 12.8 Å². The number of hydrogen-bond acceptors (Lipinski definition) is 5. The molecule has 4 rings (SSSR count). The topological polar surface area (TPSA) is 52.3 Å². The number of carbonyl (C=O) groups excluding carboxylic acids is 1. The van der Waals surface area contributed by atoms with Crippen molar-refractivity contribution in [3.8, 4) is 5.75 Å². The zero-order valence-corrected chi connectivity index (χ0v) is 14.5. The minimum absolute atomic E-state index is 0.227. The standard InChI is InChI=1S/C20H14FNO3S/c21-17-6-2-1-4-13(17)10-18-16-8-7-14(11-19(16)25-22-18)24-20(23)12-15-5-3-9-26-15/h1-9,11H,10,12H2. The van der Waals surface area contributed by atoms with Gasteiger partial charge in [-0.05, 0) is 35.2 Å². The molecule has 0 saturated carbocycles. The van der Waals surface area contributed by atoms with Gasteiger partial charge in [-0.15, -0.1) is 11.3 Å². The summed E-state index contributed by atoms with van der Waals surface area (Å²) in [7, 11) is 0. The Labute approximate surface area is 152 Å². The summed E-state index contributed by atoms with van der Waals surface area (Å²) in [5.74, 6) is -0.215. The van der Waals surface area contributed by atoms with Crippen molar-refractivity contribution in [2.75, 3.05) is 0 Å². The smallest absolute Gasteiger partial charge is 0.316 e.